The van der Waals surface area contributed by atoms with E-state index in [9.17, 15) is 9.90 Å². The Morgan fingerprint density at radius 2 is 1.93 bits per heavy atom. The Morgan fingerprint density at radius 3 is 2.63 bits per heavy atom. The van der Waals surface area contributed by atoms with Crippen LogP contribution in [0.2, 0.25) is 0 Å². The van der Waals surface area contributed by atoms with Gasteiger partial charge in [-0.05, 0) is 31.0 Å². The molecule has 1 aromatic heterocycles. The molecule has 0 radical (unpaired) electrons. The molecule has 0 saturated carbocycles. The Hall–Kier alpha value is -3.32. The molecule has 7 heteroatoms. The van der Waals surface area contributed by atoms with E-state index in [-0.39, 0.29) is 17.5 Å². The molecule has 7 nitrogen and oxygen atoms in total. The number of aliphatic imine (C=N–C) groups is 1. The number of nitrogens with zero attached hydrogens (tertiary/aromatic N) is 2. The zero-order valence-electron chi connectivity index (χ0n) is 17.0. The van der Waals surface area contributed by atoms with Gasteiger partial charge in [0.15, 0.2) is 11.5 Å². The van der Waals surface area contributed by atoms with Crippen LogP contribution in [0.5, 0.6) is 17.4 Å². The summed E-state index contributed by atoms with van der Waals surface area (Å²) >= 11 is 0. The molecule has 156 valence electrons. The zero-order chi connectivity index (χ0) is 21.1. The maximum Gasteiger partial charge on any atom is 0.265 e. The van der Waals surface area contributed by atoms with Crippen LogP contribution in [0.25, 0.3) is 16.5 Å². The lowest BCUT2D eigenvalue weighted by Gasteiger charge is -2.15. The van der Waals surface area contributed by atoms with Gasteiger partial charge in [-0.1, -0.05) is 18.2 Å². The van der Waals surface area contributed by atoms with E-state index in [1.807, 2.05) is 12.1 Å². The molecule has 1 N–H and O–H groups in total. The monoisotopic (exact) mass is 408 g/mol. The van der Waals surface area contributed by atoms with Crippen molar-refractivity contribution < 1.29 is 19.3 Å². The summed E-state index contributed by atoms with van der Waals surface area (Å²) in [6.45, 7) is 1.28. The fraction of sp³-hybridized carbons (Fsp3) is 0.304. The Balaban J connectivity index is 1.86. The summed E-state index contributed by atoms with van der Waals surface area (Å²) in [5, 5.41) is 12.2. The van der Waals surface area contributed by atoms with Crippen LogP contribution in [0.3, 0.4) is 0 Å². The number of pyridine rings is 1. The van der Waals surface area contributed by atoms with Gasteiger partial charge >= 0.3 is 0 Å². The van der Waals surface area contributed by atoms with E-state index in [1.54, 1.807) is 43.7 Å². The van der Waals surface area contributed by atoms with Crippen LogP contribution in [0.15, 0.2) is 52.3 Å². The number of hydrogen-bond acceptors (Lipinski definition) is 6. The minimum Gasteiger partial charge on any atom is -0.494 e. The molecular weight excluding hydrogens is 384 g/mol. The maximum atomic E-state index is 13.2. The second-order valence-electron chi connectivity index (χ2n) is 7.09. The van der Waals surface area contributed by atoms with E-state index < -0.39 is 0 Å². The third-order valence-electron chi connectivity index (χ3n) is 5.28. The number of ether oxygens (including phenoxy) is 3. The largest absolute Gasteiger partial charge is 0.494 e. The van der Waals surface area contributed by atoms with Gasteiger partial charge in [0.1, 0.15) is 0 Å². The first-order valence-electron chi connectivity index (χ1n) is 9.84. The Bertz CT molecular complexity index is 1150. The molecule has 2 aromatic carbocycles. The van der Waals surface area contributed by atoms with E-state index in [1.165, 1.54) is 11.7 Å². The van der Waals surface area contributed by atoms with E-state index >= 15 is 0 Å². The van der Waals surface area contributed by atoms with Crippen LogP contribution in [0, 0.1) is 0 Å². The van der Waals surface area contributed by atoms with Crippen LogP contribution in [-0.4, -0.2) is 49.4 Å². The molecular formula is C23H24N2O5. The average molecular weight is 408 g/mol. The Kier molecular flexibility index (Phi) is 5.72. The van der Waals surface area contributed by atoms with Crippen molar-refractivity contribution in [2.24, 2.45) is 4.99 Å². The highest BCUT2D eigenvalue weighted by Crippen LogP contribution is 2.32. The topological polar surface area (TPSA) is 82.3 Å². The van der Waals surface area contributed by atoms with E-state index in [2.05, 4.69) is 4.99 Å². The molecule has 0 bridgehead atoms. The number of fused-ring (bicyclic) bond motifs is 1. The van der Waals surface area contributed by atoms with Gasteiger partial charge in [-0.15, -0.1) is 0 Å². The highest BCUT2D eigenvalue weighted by Gasteiger charge is 2.18. The van der Waals surface area contributed by atoms with E-state index in [0.29, 0.717) is 40.1 Å². The second-order valence-corrected chi connectivity index (χ2v) is 7.09. The maximum absolute atomic E-state index is 13.2. The van der Waals surface area contributed by atoms with Gasteiger partial charge in [0.25, 0.3) is 5.56 Å². The van der Waals surface area contributed by atoms with Crippen molar-refractivity contribution in [2.45, 2.75) is 18.9 Å². The van der Waals surface area contributed by atoms with Gasteiger partial charge < -0.3 is 19.3 Å². The molecule has 1 aliphatic rings. The first-order chi connectivity index (χ1) is 14.6. The summed E-state index contributed by atoms with van der Waals surface area (Å²) in [5.41, 5.74) is 0.624. The van der Waals surface area contributed by atoms with Crippen molar-refractivity contribution in [3.05, 3.63) is 58.4 Å². The minimum atomic E-state index is -0.327. The predicted molar refractivity (Wildman–Crippen MR) is 116 cm³/mol. The predicted octanol–water partition coefficient (Wildman–Crippen LogP) is 3.31. The number of rotatable bonds is 6. The Labute approximate surface area is 174 Å². The summed E-state index contributed by atoms with van der Waals surface area (Å²) in [7, 11) is 3.06. The molecule has 2 heterocycles. The number of methoxy groups -OCH3 is 2. The van der Waals surface area contributed by atoms with Crippen molar-refractivity contribution in [2.75, 3.05) is 27.4 Å². The smallest absolute Gasteiger partial charge is 0.265 e. The molecule has 0 amide bonds. The van der Waals surface area contributed by atoms with Crippen LogP contribution >= 0.6 is 0 Å². The molecule has 0 spiro atoms. The number of aromatic nitrogens is 1. The summed E-state index contributed by atoms with van der Waals surface area (Å²) in [5.74, 6) is 0.818. The highest BCUT2D eigenvalue weighted by molar-refractivity contribution is 6.01. The average Bonchev–Trinajstić information content (AvgIpc) is 3.29. The van der Waals surface area contributed by atoms with Gasteiger partial charge in [0, 0.05) is 29.7 Å². The Morgan fingerprint density at radius 1 is 1.17 bits per heavy atom. The van der Waals surface area contributed by atoms with Crippen molar-refractivity contribution in [3.8, 4) is 23.1 Å². The summed E-state index contributed by atoms with van der Waals surface area (Å²) < 4.78 is 17.5. The van der Waals surface area contributed by atoms with Crippen LogP contribution in [-0.2, 0) is 4.74 Å². The zero-order valence-corrected chi connectivity index (χ0v) is 17.0. The van der Waals surface area contributed by atoms with Gasteiger partial charge in [0.05, 0.1) is 38.1 Å². The summed E-state index contributed by atoms with van der Waals surface area (Å²) in [4.78, 5) is 17.7. The van der Waals surface area contributed by atoms with Gasteiger partial charge in [-0.3, -0.25) is 9.79 Å². The van der Waals surface area contributed by atoms with Gasteiger partial charge in [-0.25, -0.2) is 4.57 Å². The number of benzene rings is 2. The first-order valence-corrected chi connectivity index (χ1v) is 9.84. The standard InChI is InChI=1S/C23H24N2O5/c1-28-20-10-9-15(12-21(20)29-2)25-22(26)18-8-4-3-7-17(18)19(23(25)27)14-24-13-16-6-5-11-30-16/h3-4,7-10,12,14,16,27H,5-6,11,13H2,1-2H3. The summed E-state index contributed by atoms with van der Waals surface area (Å²) in [6, 6.07) is 12.2. The fourth-order valence-corrected chi connectivity index (χ4v) is 3.74. The lowest BCUT2D eigenvalue weighted by molar-refractivity contribution is 0.118. The van der Waals surface area contributed by atoms with Crippen molar-refractivity contribution in [1.29, 1.82) is 0 Å². The first kappa shape index (κ1) is 20.0. The molecule has 1 fully saturated rings. The van der Waals surface area contributed by atoms with E-state index in [4.69, 9.17) is 14.2 Å². The molecule has 30 heavy (non-hydrogen) atoms. The molecule has 1 atom stereocenters. The van der Waals surface area contributed by atoms with Crippen LogP contribution in [0.1, 0.15) is 18.4 Å². The van der Waals surface area contributed by atoms with Crippen LogP contribution < -0.4 is 15.0 Å². The second kappa shape index (κ2) is 8.59. The third kappa shape index (κ3) is 3.64. The molecule has 4 rings (SSSR count). The third-order valence-corrected chi connectivity index (χ3v) is 5.28. The van der Waals surface area contributed by atoms with Crippen molar-refractivity contribution in [3.63, 3.8) is 0 Å². The van der Waals surface area contributed by atoms with Gasteiger partial charge in [0.2, 0.25) is 5.88 Å². The fourth-order valence-electron chi connectivity index (χ4n) is 3.74. The van der Waals surface area contributed by atoms with Gasteiger partial charge in [-0.2, -0.15) is 0 Å². The number of aromatic hydroxyl groups is 1. The van der Waals surface area contributed by atoms with E-state index in [0.717, 1.165) is 19.4 Å². The quantitative estimate of drug-likeness (QED) is 0.633. The number of hydrogen-bond donors (Lipinski definition) is 1. The minimum absolute atomic E-state index is 0.103. The normalized spacial score (nSPS) is 16.4. The molecule has 1 saturated heterocycles. The molecule has 1 aliphatic heterocycles. The van der Waals surface area contributed by atoms with Crippen LogP contribution in [0.4, 0.5) is 0 Å². The van der Waals surface area contributed by atoms with Crippen molar-refractivity contribution in [1.82, 2.24) is 4.57 Å². The molecule has 3 aromatic rings. The lowest BCUT2D eigenvalue weighted by Crippen LogP contribution is -2.20. The summed E-state index contributed by atoms with van der Waals surface area (Å²) in [6.07, 6.45) is 3.75. The lowest BCUT2D eigenvalue weighted by atomic mass is 10.1. The van der Waals surface area contributed by atoms with Crippen molar-refractivity contribution >= 4 is 17.0 Å². The molecule has 1 unspecified atom stereocenters. The highest BCUT2D eigenvalue weighted by atomic mass is 16.5. The molecule has 0 aliphatic carbocycles. The SMILES string of the molecule is COc1ccc(-n2c(O)c(C=NCC3CCCO3)c3ccccc3c2=O)cc1OC.